The largest absolute Gasteiger partial charge is 0.497 e. The van der Waals surface area contributed by atoms with Gasteiger partial charge < -0.3 is 20.3 Å². The first-order valence-electron chi connectivity index (χ1n) is 8.58. The Morgan fingerprint density at radius 3 is 2.38 bits per heavy atom. The highest BCUT2D eigenvalue weighted by Gasteiger charge is 2.29. The van der Waals surface area contributed by atoms with E-state index in [2.05, 4.69) is 10.6 Å². The Bertz CT molecular complexity index is 733. The van der Waals surface area contributed by atoms with Crippen molar-refractivity contribution in [2.24, 2.45) is 0 Å². The number of carbonyl (C=O) groups is 2. The van der Waals surface area contributed by atoms with Gasteiger partial charge in [0.1, 0.15) is 5.75 Å². The minimum atomic E-state index is -3.03. The van der Waals surface area contributed by atoms with Crippen molar-refractivity contribution in [2.75, 3.05) is 43.6 Å². The van der Waals surface area contributed by atoms with Crippen molar-refractivity contribution in [1.82, 2.24) is 5.32 Å². The first-order valence-corrected chi connectivity index (χ1v) is 10.4. The van der Waals surface area contributed by atoms with E-state index in [4.69, 9.17) is 4.74 Å². The number of rotatable bonds is 8. The summed E-state index contributed by atoms with van der Waals surface area (Å²) in [5, 5.41) is 5.54. The lowest BCUT2D eigenvalue weighted by Gasteiger charge is -2.18. The van der Waals surface area contributed by atoms with E-state index in [0.717, 1.165) is 4.90 Å². The standard InChI is InChI=1S/C17H25N3O5S/c1-3-20(11-17(22)19-14-8-9-26(23,24)12-14)10-16(21)18-13-4-6-15(25-2)7-5-13/h4-7,14H,3,8-12H2,1-2H3,(H,18,21)(H,19,22)/p+1/t14-/m0/s1. The molecule has 1 saturated heterocycles. The van der Waals surface area contributed by atoms with Crippen LogP contribution in [0.1, 0.15) is 13.3 Å². The van der Waals surface area contributed by atoms with Gasteiger partial charge in [0.2, 0.25) is 0 Å². The van der Waals surface area contributed by atoms with E-state index in [-0.39, 0.29) is 42.5 Å². The monoisotopic (exact) mass is 384 g/mol. The Morgan fingerprint density at radius 2 is 1.85 bits per heavy atom. The van der Waals surface area contributed by atoms with Crippen LogP contribution in [0, 0.1) is 0 Å². The summed E-state index contributed by atoms with van der Waals surface area (Å²) in [6, 6.07) is 6.68. The molecular formula is C17H26N3O5S+. The van der Waals surface area contributed by atoms with E-state index in [0.29, 0.717) is 24.4 Å². The molecule has 8 nitrogen and oxygen atoms in total. The van der Waals surface area contributed by atoms with Gasteiger partial charge in [-0.15, -0.1) is 0 Å². The molecule has 1 fully saturated rings. The molecule has 2 rings (SSSR count). The third kappa shape index (κ3) is 6.30. The van der Waals surface area contributed by atoms with Crippen molar-refractivity contribution < 1.29 is 27.6 Å². The van der Waals surface area contributed by atoms with Crippen molar-refractivity contribution in [1.29, 1.82) is 0 Å². The van der Waals surface area contributed by atoms with Gasteiger partial charge in [-0.2, -0.15) is 0 Å². The lowest BCUT2D eigenvalue weighted by atomic mass is 10.2. The Labute approximate surface area is 153 Å². The van der Waals surface area contributed by atoms with Crippen molar-refractivity contribution in [2.45, 2.75) is 19.4 Å². The molecule has 0 aliphatic carbocycles. The van der Waals surface area contributed by atoms with Gasteiger partial charge in [0.05, 0.1) is 25.2 Å². The highest BCUT2D eigenvalue weighted by molar-refractivity contribution is 7.91. The Hall–Kier alpha value is -2.13. The van der Waals surface area contributed by atoms with Crippen LogP contribution < -0.4 is 20.3 Å². The van der Waals surface area contributed by atoms with Crippen LogP contribution in [0.5, 0.6) is 5.75 Å². The van der Waals surface area contributed by atoms with Crippen LogP contribution in [0.2, 0.25) is 0 Å². The van der Waals surface area contributed by atoms with Crippen molar-refractivity contribution in [3.63, 3.8) is 0 Å². The molecule has 0 radical (unpaired) electrons. The molecule has 144 valence electrons. The normalized spacial score (nSPS) is 19.5. The summed E-state index contributed by atoms with van der Waals surface area (Å²) in [4.78, 5) is 25.1. The maximum Gasteiger partial charge on any atom is 0.279 e. The second-order valence-electron chi connectivity index (χ2n) is 6.40. The Morgan fingerprint density at radius 1 is 1.19 bits per heavy atom. The number of benzene rings is 1. The lowest BCUT2D eigenvalue weighted by molar-refractivity contribution is -0.881. The van der Waals surface area contributed by atoms with Crippen molar-refractivity contribution >= 4 is 27.3 Å². The smallest absolute Gasteiger partial charge is 0.279 e. The number of quaternary nitrogens is 1. The van der Waals surface area contributed by atoms with E-state index in [1.165, 1.54) is 0 Å². The molecule has 1 aromatic rings. The molecule has 0 spiro atoms. The topological polar surface area (TPSA) is 106 Å². The Kier molecular flexibility index (Phi) is 6.98. The molecular weight excluding hydrogens is 358 g/mol. The molecule has 1 aromatic carbocycles. The first kappa shape index (κ1) is 20.2. The fourth-order valence-corrected chi connectivity index (χ4v) is 4.51. The van der Waals surface area contributed by atoms with E-state index in [1.54, 1.807) is 31.4 Å². The minimum absolute atomic E-state index is 0.00183. The Balaban J connectivity index is 1.80. The van der Waals surface area contributed by atoms with Gasteiger partial charge in [0.15, 0.2) is 22.9 Å². The lowest BCUT2D eigenvalue weighted by Crippen LogP contribution is -3.14. The van der Waals surface area contributed by atoms with Crippen LogP contribution in [0.3, 0.4) is 0 Å². The summed E-state index contributed by atoms with van der Waals surface area (Å²) in [5.74, 6) is 0.393. The average molecular weight is 384 g/mol. The van der Waals surface area contributed by atoms with E-state index < -0.39 is 9.84 Å². The third-order valence-corrected chi connectivity index (χ3v) is 6.06. The van der Waals surface area contributed by atoms with Gasteiger partial charge in [-0.3, -0.25) is 9.59 Å². The molecule has 0 saturated carbocycles. The SMILES string of the molecule is CC[NH+](CC(=O)Nc1ccc(OC)cc1)CC(=O)N[C@H]1CCS(=O)(=O)C1. The minimum Gasteiger partial charge on any atom is -0.497 e. The summed E-state index contributed by atoms with van der Waals surface area (Å²) >= 11 is 0. The average Bonchev–Trinajstić information content (AvgIpc) is 2.93. The first-order chi connectivity index (χ1) is 12.3. The molecule has 2 atom stereocenters. The second-order valence-corrected chi connectivity index (χ2v) is 8.63. The zero-order chi connectivity index (χ0) is 19.2. The number of amides is 2. The maximum atomic E-state index is 12.2. The molecule has 1 unspecified atom stereocenters. The number of sulfone groups is 1. The number of likely N-dealkylation sites (N-methyl/N-ethyl adjacent to an activating group) is 1. The summed E-state index contributed by atoms with van der Waals surface area (Å²) in [6.45, 7) is 2.78. The summed E-state index contributed by atoms with van der Waals surface area (Å²) in [7, 11) is -1.46. The third-order valence-electron chi connectivity index (χ3n) is 4.29. The van der Waals surface area contributed by atoms with Crippen LogP contribution >= 0.6 is 0 Å². The molecule has 1 heterocycles. The maximum absolute atomic E-state index is 12.2. The number of anilines is 1. The van der Waals surface area contributed by atoms with E-state index in [1.807, 2.05) is 6.92 Å². The highest BCUT2D eigenvalue weighted by Crippen LogP contribution is 2.14. The molecule has 1 aliphatic heterocycles. The number of carbonyl (C=O) groups excluding carboxylic acids is 2. The van der Waals surface area contributed by atoms with Gasteiger partial charge in [0, 0.05) is 11.7 Å². The quantitative estimate of drug-likeness (QED) is 0.524. The predicted molar refractivity (Wildman–Crippen MR) is 98.1 cm³/mol. The highest BCUT2D eigenvalue weighted by atomic mass is 32.2. The van der Waals surface area contributed by atoms with Crippen molar-refractivity contribution in [3.8, 4) is 5.75 Å². The van der Waals surface area contributed by atoms with E-state index >= 15 is 0 Å². The van der Waals surface area contributed by atoms with Gasteiger partial charge in [0.25, 0.3) is 11.8 Å². The van der Waals surface area contributed by atoms with Crippen LogP contribution in [-0.2, 0) is 19.4 Å². The number of nitrogens with one attached hydrogen (secondary N) is 3. The van der Waals surface area contributed by atoms with E-state index in [9.17, 15) is 18.0 Å². The summed E-state index contributed by atoms with van der Waals surface area (Å²) < 4.78 is 28.0. The summed E-state index contributed by atoms with van der Waals surface area (Å²) in [6.07, 6.45) is 0.452. The molecule has 2 amide bonds. The van der Waals surface area contributed by atoms with Crippen LogP contribution in [0.25, 0.3) is 0 Å². The fraction of sp³-hybridized carbons (Fsp3) is 0.529. The molecule has 3 N–H and O–H groups in total. The molecule has 0 bridgehead atoms. The summed E-state index contributed by atoms with van der Waals surface area (Å²) in [5.41, 5.74) is 0.659. The van der Waals surface area contributed by atoms with Crippen LogP contribution in [0.15, 0.2) is 24.3 Å². The molecule has 9 heteroatoms. The zero-order valence-corrected chi connectivity index (χ0v) is 15.9. The van der Waals surface area contributed by atoms with Gasteiger partial charge in [-0.1, -0.05) is 0 Å². The van der Waals surface area contributed by atoms with Crippen LogP contribution in [-0.4, -0.2) is 64.5 Å². The number of hydrogen-bond acceptors (Lipinski definition) is 5. The van der Waals surface area contributed by atoms with Crippen LogP contribution in [0.4, 0.5) is 5.69 Å². The predicted octanol–water partition coefficient (Wildman–Crippen LogP) is -1.16. The molecule has 0 aromatic heterocycles. The van der Waals surface area contributed by atoms with Gasteiger partial charge >= 0.3 is 0 Å². The second kappa shape index (κ2) is 9.00. The fourth-order valence-electron chi connectivity index (χ4n) is 2.83. The van der Waals surface area contributed by atoms with Crippen molar-refractivity contribution in [3.05, 3.63) is 24.3 Å². The zero-order valence-electron chi connectivity index (χ0n) is 15.1. The number of hydrogen-bond donors (Lipinski definition) is 3. The van der Waals surface area contributed by atoms with Gasteiger partial charge in [-0.05, 0) is 37.6 Å². The molecule has 26 heavy (non-hydrogen) atoms. The number of ether oxygens (including phenoxy) is 1. The molecule has 1 aliphatic rings. The number of methoxy groups -OCH3 is 1. The van der Waals surface area contributed by atoms with Gasteiger partial charge in [-0.25, -0.2) is 8.42 Å².